The number of hydrogen-bond donors (Lipinski definition) is 1. The summed E-state index contributed by atoms with van der Waals surface area (Å²) in [5.41, 5.74) is 0. The molecule has 0 aromatic heterocycles. The highest BCUT2D eigenvalue weighted by molar-refractivity contribution is 5.79. The average molecular weight is 170 g/mol. The molecule has 1 radical (unpaired) electrons. The Bertz CT molecular complexity index is 155. The molecule has 0 aliphatic heterocycles. The van der Waals surface area contributed by atoms with Crippen molar-refractivity contribution in [1.82, 2.24) is 5.32 Å². The Kier molecular flexibility index (Phi) is 5.34. The van der Waals surface area contributed by atoms with Crippen LogP contribution >= 0.6 is 0 Å². The van der Waals surface area contributed by atoms with Crippen molar-refractivity contribution in [3.05, 3.63) is 0 Å². The normalized spacial score (nSPS) is 12.7. The lowest BCUT2D eigenvalue weighted by atomic mass is 10.1. The minimum Gasteiger partial charge on any atom is -0.346 e. The van der Waals surface area contributed by atoms with Crippen molar-refractivity contribution >= 4 is 12.2 Å². The van der Waals surface area contributed by atoms with Crippen LogP contribution in [0.3, 0.4) is 0 Å². The summed E-state index contributed by atoms with van der Waals surface area (Å²) in [6.07, 6.45) is 3.09. The molecule has 0 spiro atoms. The van der Waals surface area contributed by atoms with Gasteiger partial charge >= 0.3 is 0 Å². The number of hydrogen-bond acceptors (Lipinski definition) is 2. The van der Waals surface area contributed by atoms with E-state index in [9.17, 15) is 9.59 Å². The van der Waals surface area contributed by atoms with Crippen molar-refractivity contribution in [1.29, 1.82) is 0 Å². The number of carbonyl (C=O) groups excluding carboxylic acids is 2. The molecule has 3 nitrogen and oxygen atoms in total. The topological polar surface area (TPSA) is 46.2 Å². The number of carbonyl (C=O) groups is 1. The van der Waals surface area contributed by atoms with Gasteiger partial charge in [0.15, 0.2) is 0 Å². The van der Waals surface area contributed by atoms with Gasteiger partial charge in [0.2, 0.25) is 12.2 Å². The highest BCUT2D eigenvalue weighted by Gasteiger charge is 2.14. The third-order valence-electron chi connectivity index (χ3n) is 1.59. The molecule has 69 valence electrons. The van der Waals surface area contributed by atoms with Crippen LogP contribution in [0.15, 0.2) is 0 Å². The van der Waals surface area contributed by atoms with Crippen LogP contribution in [0.25, 0.3) is 0 Å². The summed E-state index contributed by atoms with van der Waals surface area (Å²) in [6.45, 7) is 5.68. The van der Waals surface area contributed by atoms with Gasteiger partial charge in [-0.25, -0.2) is 0 Å². The maximum absolute atomic E-state index is 11.0. The zero-order valence-electron chi connectivity index (χ0n) is 7.89. The molecule has 0 fully saturated rings. The minimum absolute atomic E-state index is 0.0699. The van der Waals surface area contributed by atoms with Crippen molar-refractivity contribution < 1.29 is 9.59 Å². The van der Waals surface area contributed by atoms with Crippen LogP contribution in [-0.2, 0) is 9.59 Å². The summed E-state index contributed by atoms with van der Waals surface area (Å²) < 4.78 is 0. The quantitative estimate of drug-likeness (QED) is 0.670. The molecular formula is C9H16NO2. The van der Waals surface area contributed by atoms with E-state index >= 15 is 0 Å². The fraction of sp³-hybridized carbons (Fsp3) is 0.778. The molecule has 0 saturated carbocycles. The first kappa shape index (κ1) is 11.1. The maximum atomic E-state index is 11.0. The lowest BCUT2D eigenvalue weighted by Crippen LogP contribution is -2.39. The lowest BCUT2D eigenvalue weighted by Gasteiger charge is -2.14. The molecule has 0 unspecified atom stereocenters. The average Bonchev–Trinajstić information content (AvgIpc) is 2.00. The van der Waals surface area contributed by atoms with Gasteiger partial charge < -0.3 is 5.32 Å². The molecule has 0 aromatic carbocycles. The molecule has 0 bridgehead atoms. The number of amides is 1. The molecule has 0 rings (SSSR count). The largest absolute Gasteiger partial charge is 0.346 e. The van der Waals surface area contributed by atoms with Gasteiger partial charge in [-0.1, -0.05) is 20.8 Å². The molecule has 1 amide bonds. The fourth-order valence-corrected chi connectivity index (χ4v) is 0.805. The van der Waals surface area contributed by atoms with Crippen molar-refractivity contribution in [2.45, 2.75) is 39.7 Å². The Morgan fingerprint density at radius 1 is 1.50 bits per heavy atom. The molecule has 1 N–H and O–H groups in total. The zero-order valence-corrected chi connectivity index (χ0v) is 7.89. The van der Waals surface area contributed by atoms with Gasteiger partial charge in [-0.2, -0.15) is 0 Å². The van der Waals surface area contributed by atoms with Crippen LogP contribution in [0.4, 0.5) is 0 Å². The van der Waals surface area contributed by atoms with Gasteiger partial charge in [-0.15, -0.1) is 0 Å². The Morgan fingerprint density at radius 2 is 2.08 bits per heavy atom. The molecule has 3 heteroatoms. The van der Waals surface area contributed by atoms with Crippen molar-refractivity contribution in [2.75, 3.05) is 0 Å². The van der Waals surface area contributed by atoms with Gasteiger partial charge in [0, 0.05) is 6.42 Å². The second kappa shape index (κ2) is 5.75. The highest BCUT2D eigenvalue weighted by atomic mass is 16.2. The van der Waals surface area contributed by atoms with Gasteiger partial charge in [-0.3, -0.25) is 9.59 Å². The van der Waals surface area contributed by atoms with E-state index in [0.717, 1.165) is 6.42 Å². The van der Waals surface area contributed by atoms with E-state index in [1.807, 2.05) is 27.1 Å². The Hall–Kier alpha value is -0.860. The SMILES string of the molecule is CCCC(=O)N[C@H]([C]=O)C(C)C. The molecule has 0 aliphatic rings. The first-order chi connectivity index (χ1) is 5.61. The first-order valence-corrected chi connectivity index (χ1v) is 4.28. The molecule has 0 heterocycles. The van der Waals surface area contributed by atoms with E-state index in [1.54, 1.807) is 0 Å². The number of rotatable bonds is 5. The van der Waals surface area contributed by atoms with Gasteiger partial charge in [0.1, 0.15) is 0 Å². The van der Waals surface area contributed by atoms with Crippen molar-refractivity contribution in [2.24, 2.45) is 5.92 Å². The standard InChI is InChI=1S/C9H16NO2/c1-4-5-9(12)10-8(6-11)7(2)3/h7-8H,4-5H2,1-3H3,(H,10,12)/t8-/m1/s1. The summed E-state index contributed by atoms with van der Waals surface area (Å²) in [4.78, 5) is 21.4. The maximum Gasteiger partial charge on any atom is 0.223 e. The van der Waals surface area contributed by atoms with Gasteiger partial charge in [-0.05, 0) is 12.3 Å². The second-order valence-corrected chi connectivity index (χ2v) is 3.16. The number of nitrogens with one attached hydrogen (secondary N) is 1. The van der Waals surface area contributed by atoms with Crippen LogP contribution in [0.2, 0.25) is 0 Å². The second-order valence-electron chi connectivity index (χ2n) is 3.16. The Labute approximate surface area is 73.5 Å². The third kappa shape index (κ3) is 4.11. The van der Waals surface area contributed by atoms with Gasteiger partial charge in [0.05, 0.1) is 6.04 Å². The van der Waals surface area contributed by atoms with Gasteiger partial charge in [0.25, 0.3) is 0 Å². The first-order valence-electron chi connectivity index (χ1n) is 4.28. The van der Waals surface area contributed by atoms with Crippen molar-refractivity contribution in [3.8, 4) is 0 Å². The van der Waals surface area contributed by atoms with Crippen LogP contribution in [-0.4, -0.2) is 18.2 Å². The predicted octanol–water partition coefficient (Wildman–Crippen LogP) is 1.04. The lowest BCUT2D eigenvalue weighted by molar-refractivity contribution is -0.121. The smallest absolute Gasteiger partial charge is 0.223 e. The van der Waals surface area contributed by atoms with Crippen LogP contribution in [0.5, 0.6) is 0 Å². The van der Waals surface area contributed by atoms with Crippen LogP contribution in [0, 0.1) is 5.92 Å². The molecule has 0 aromatic rings. The summed E-state index contributed by atoms with van der Waals surface area (Å²) in [5.74, 6) is 0.0443. The summed E-state index contributed by atoms with van der Waals surface area (Å²) in [5, 5.41) is 2.60. The molecule has 12 heavy (non-hydrogen) atoms. The summed E-state index contributed by atoms with van der Waals surface area (Å²) >= 11 is 0. The zero-order chi connectivity index (χ0) is 9.56. The summed E-state index contributed by atoms with van der Waals surface area (Å²) in [7, 11) is 0. The van der Waals surface area contributed by atoms with Crippen LogP contribution < -0.4 is 5.32 Å². The summed E-state index contributed by atoms with van der Waals surface area (Å²) in [6, 6.07) is -0.455. The highest BCUT2D eigenvalue weighted by Crippen LogP contribution is 1.99. The fourth-order valence-electron chi connectivity index (χ4n) is 0.805. The Balaban J connectivity index is 3.85. The molecule has 0 saturated heterocycles. The van der Waals surface area contributed by atoms with E-state index in [4.69, 9.17) is 0 Å². The van der Waals surface area contributed by atoms with E-state index in [2.05, 4.69) is 5.32 Å². The van der Waals surface area contributed by atoms with Crippen molar-refractivity contribution in [3.63, 3.8) is 0 Å². The van der Waals surface area contributed by atoms with Crippen LogP contribution in [0.1, 0.15) is 33.6 Å². The molecule has 1 atom stereocenters. The predicted molar refractivity (Wildman–Crippen MR) is 47.4 cm³/mol. The van der Waals surface area contributed by atoms with E-state index < -0.39 is 6.04 Å². The van der Waals surface area contributed by atoms with E-state index in [-0.39, 0.29) is 11.8 Å². The molecule has 0 aliphatic carbocycles. The Morgan fingerprint density at radius 3 is 2.42 bits per heavy atom. The van der Waals surface area contributed by atoms with E-state index in [1.165, 1.54) is 0 Å². The molecular weight excluding hydrogens is 154 g/mol. The third-order valence-corrected chi connectivity index (χ3v) is 1.59. The van der Waals surface area contributed by atoms with E-state index in [0.29, 0.717) is 6.42 Å². The minimum atomic E-state index is -0.455. The monoisotopic (exact) mass is 170 g/mol.